The average molecular weight is 391 g/mol. The number of ether oxygens (including phenoxy) is 2. The van der Waals surface area contributed by atoms with E-state index in [9.17, 15) is 9.59 Å². The van der Waals surface area contributed by atoms with Gasteiger partial charge in [-0.1, -0.05) is 42.5 Å². The lowest BCUT2D eigenvalue weighted by molar-refractivity contribution is -0.146. The van der Waals surface area contributed by atoms with Crippen LogP contribution in [0.1, 0.15) is 24.8 Å². The van der Waals surface area contributed by atoms with E-state index in [4.69, 9.17) is 9.47 Å². The van der Waals surface area contributed by atoms with E-state index in [-0.39, 0.29) is 24.2 Å². The SMILES string of the molecule is C=C1CC2COC(=O)C2(Cc2ccc(NC(=O)CCOc3ccccc3)cc2)C1. The number of carbonyl (C=O) groups excluding carboxylic acids is 2. The highest BCUT2D eigenvalue weighted by Gasteiger charge is 2.55. The fourth-order valence-electron chi connectivity index (χ4n) is 4.33. The van der Waals surface area contributed by atoms with E-state index in [0.717, 1.165) is 29.0 Å². The van der Waals surface area contributed by atoms with Crippen molar-refractivity contribution < 1.29 is 19.1 Å². The molecule has 4 rings (SSSR count). The van der Waals surface area contributed by atoms with Gasteiger partial charge in [-0.2, -0.15) is 0 Å². The van der Waals surface area contributed by atoms with Gasteiger partial charge in [-0.15, -0.1) is 0 Å². The van der Waals surface area contributed by atoms with Crippen LogP contribution in [0.5, 0.6) is 5.75 Å². The van der Waals surface area contributed by atoms with Gasteiger partial charge in [0.15, 0.2) is 0 Å². The van der Waals surface area contributed by atoms with Crippen molar-refractivity contribution in [2.24, 2.45) is 11.3 Å². The Balaban J connectivity index is 1.30. The number of allylic oxidation sites excluding steroid dienone is 1. The summed E-state index contributed by atoms with van der Waals surface area (Å²) in [5.41, 5.74) is 2.47. The molecule has 0 bridgehead atoms. The molecule has 1 aliphatic carbocycles. The average Bonchev–Trinajstić information content (AvgIpc) is 3.18. The molecule has 2 aliphatic rings. The Labute approximate surface area is 170 Å². The Morgan fingerprint density at radius 1 is 1.17 bits per heavy atom. The molecule has 2 atom stereocenters. The quantitative estimate of drug-likeness (QED) is 0.569. The van der Waals surface area contributed by atoms with Gasteiger partial charge in [0.2, 0.25) is 5.91 Å². The maximum atomic E-state index is 12.4. The number of cyclic esters (lactones) is 1. The maximum Gasteiger partial charge on any atom is 0.313 e. The summed E-state index contributed by atoms with van der Waals surface area (Å²) >= 11 is 0. The largest absolute Gasteiger partial charge is 0.493 e. The molecule has 1 saturated carbocycles. The first-order chi connectivity index (χ1) is 14.0. The van der Waals surface area contributed by atoms with E-state index in [0.29, 0.717) is 26.1 Å². The normalized spacial score (nSPS) is 22.8. The van der Waals surface area contributed by atoms with Gasteiger partial charge in [0, 0.05) is 11.6 Å². The summed E-state index contributed by atoms with van der Waals surface area (Å²) in [4.78, 5) is 24.5. The van der Waals surface area contributed by atoms with Gasteiger partial charge < -0.3 is 14.8 Å². The van der Waals surface area contributed by atoms with Crippen LogP contribution in [0.4, 0.5) is 5.69 Å². The van der Waals surface area contributed by atoms with Crippen LogP contribution in [0.3, 0.4) is 0 Å². The zero-order valence-corrected chi connectivity index (χ0v) is 16.4. The molecule has 1 heterocycles. The van der Waals surface area contributed by atoms with Crippen molar-refractivity contribution in [2.75, 3.05) is 18.5 Å². The van der Waals surface area contributed by atoms with E-state index in [1.165, 1.54) is 0 Å². The molecule has 0 radical (unpaired) electrons. The number of anilines is 1. The topological polar surface area (TPSA) is 64.6 Å². The molecule has 2 aromatic rings. The number of para-hydroxylation sites is 1. The molecule has 1 N–H and O–H groups in total. The first-order valence-corrected chi connectivity index (χ1v) is 9.96. The third-order valence-electron chi connectivity index (χ3n) is 5.80. The molecule has 5 heteroatoms. The summed E-state index contributed by atoms with van der Waals surface area (Å²) in [5, 5.41) is 2.88. The van der Waals surface area contributed by atoms with Crippen LogP contribution in [0.2, 0.25) is 0 Å². The number of fused-ring (bicyclic) bond motifs is 1. The molecular formula is C24H25NO4. The van der Waals surface area contributed by atoms with E-state index >= 15 is 0 Å². The summed E-state index contributed by atoms with van der Waals surface area (Å²) in [7, 11) is 0. The van der Waals surface area contributed by atoms with E-state index in [1.54, 1.807) is 0 Å². The van der Waals surface area contributed by atoms with Crippen LogP contribution in [-0.2, 0) is 20.7 Å². The van der Waals surface area contributed by atoms with E-state index < -0.39 is 5.41 Å². The van der Waals surface area contributed by atoms with Crippen molar-refractivity contribution >= 4 is 17.6 Å². The van der Waals surface area contributed by atoms with Crippen LogP contribution in [-0.4, -0.2) is 25.1 Å². The van der Waals surface area contributed by atoms with Gasteiger partial charge in [0.1, 0.15) is 5.75 Å². The van der Waals surface area contributed by atoms with Gasteiger partial charge in [0.05, 0.1) is 25.0 Å². The Morgan fingerprint density at radius 2 is 1.93 bits per heavy atom. The predicted molar refractivity (Wildman–Crippen MR) is 111 cm³/mol. The molecule has 150 valence electrons. The fraction of sp³-hybridized carbons (Fsp3) is 0.333. The number of amides is 1. The molecule has 2 unspecified atom stereocenters. The molecule has 0 spiro atoms. The van der Waals surface area contributed by atoms with Crippen LogP contribution in [0.25, 0.3) is 0 Å². The van der Waals surface area contributed by atoms with Crippen LogP contribution in [0.15, 0.2) is 66.7 Å². The Hall–Kier alpha value is -3.08. The van der Waals surface area contributed by atoms with Crippen molar-refractivity contribution in [3.63, 3.8) is 0 Å². The number of hydrogen-bond acceptors (Lipinski definition) is 4. The minimum atomic E-state index is -0.462. The van der Waals surface area contributed by atoms with Crippen molar-refractivity contribution in [3.8, 4) is 5.75 Å². The van der Waals surface area contributed by atoms with E-state index in [2.05, 4.69) is 11.9 Å². The molecule has 0 aromatic heterocycles. The van der Waals surface area contributed by atoms with Crippen LogP contribution >= 0.6 is 0 Å². The third kappa shape index (κ3) is 4.19. The second-order valence-corrected chi connectivity index (χ2v) is 7.92. The molecule has 1 saturated heterocycles. The number of hydrogen-bond donors (Lipinski definition) is 1. The Kier molecular flexibility index (Phi) is 5.38. The smallest absolute Gasteiger partial charge is 0.313 e. The molecule has 1 amide bonds. The molecule has 2 fully saturated rings. The second-order valence-electron chi connectivity index (χ2n) is 7.92. The number of esters is 1. The zero-order valence-electron chi connectivity index (χ0n) is 16.4. The highest BCUT2D eigenvalue weighted by molar-refractivity contribution is 5.90. The summed E-state index contributed by atoms with van der Waals surface area (Å²) in [6, 6.07) is 17.1. The van der Waals surface area contributed by atoms with Gasteiger partial charge in [0.25, 0.3) is 0 Å². The van der Waals surface area contributed by atoms with E-state index in [1.807, 2.05) is 54.6 Å². The molecule has 5 nitrogen and oxygen atoms in total. The number of carbonyl (C=O) groups is 2. The minimum absolute atomic E-state index is 0.0983. The molecule has 2 aromatic carbocycles. The summed E-state index contributed by atoms with van der Waals surface area (Å²) in [5.74, 6) is 0.782. The number of rotatable bonds is 7. The zero-order chi connectivity index (χ0) is 20.3. The van der Waals surface area contributed by atoms with Crippen molar-refractivity contribution in [1.82, 2.24) is 0 Å². The van der Waals surface area contributed by atoms with Crippen molar-refractivity contribution in [3.05, 3.63) is 72.3 Å². The Morgan fingerprint density at radius 3 is 2.69 bits per heavy atom. The Bertz CT molecular complexity index is 906. The van der Waals surface area contributed by atoms with Gasteiger partial charge in [-0.25, -0.2) is 0 Å². The third-order valence-corrected chi connectivity index (χ3v) is 5.80. The molecule has 29 heavy (non-hydrogen) atoms. The van der Waals surface area contributed by atoms with Crippen LogP contribution in [0, 0.1) is 11.3 Å². The first kappa shape index (κ1) is 19.2. The number of nitrogens with one attached hydrogen (secondary N) is 1. The minimum Gasteiger partial charge on any atom is -0.493 e. The first-order valence-electron chi connectivity index (χ1n) is 9.96. The summed E-state index contributed by atoms with van der Waals surface area (Å²) in [6.45, 7) is 4.90. The predicted octanol–water partition coefficient (Wildman–Crippen LogP) is 4.15. The lowest BCUT2D eigenvalue weighted by Crippen LogP contribution is -2.31. The number of benzene rings is 2. The summed E-state index contributed by atoms with van der Waals surface area (Å²) < 4.78 is 10.9. The highest BCUT2D eigenvalue weighted by atomic mass is 16.5. The molecule has 1 aliphatic heterocycles. The van der Waals surface area contributed by atoms with Gasteiger partial charge in [-0.05, 0) is 49.1 Å². The van der Waals surface area contributed by atoms with Crippen molar-refractivity contribution in [1.29, 1.82) is 0 Å². The van der Waals surface area contributed by atoms with Crippen molar-refractivity contribution in [2.45, 2.75) is 25.7 Å². The van der Waals surface area contributed by atoms with Crippen LogP contribution < -0.4 is 10.1 Å². The van der Waals surface area contributed by atoms with Gasteiger partial charge in [-0.3, -0.25) is 9.59 Å². The summed E-state index contributed by atoms with van der Waals surface area (Å²) in [6.07, 6.45) is 2.49. The van der Waals surface area contributed by atoms with Gasteiger partial charge >= 0.3 is 5.97 Å². The lowest BCUT2D eigenvalue weighted by atomic mass is 9.75. The second kappa shape index (κ2) is 8.11. The highest BCUT2D eigenvalue weighted by Crippen LogP contribution is 2.52. The maximum absolute atomic E-state index is 12.4. The standard InChI is InChI=1S/C24H25NO4/c1-17-13-19-16-29-23(27)24(19,14-17)15-18-7-9-20(10-8-18)25-22(26)11-12-28-21-5-3-2-4-6-21/h2-10,19H,1,11-16H2,(H,25,26). The fourth-order valence-corrected chi connectivity index (χ4v) is 4.33. The molecular weight excluding hydrogens is 366 g/mol. The lowest BCUT2D eigenvalue weighted by Gasteiger charge is -2.24. The monoisotopic (exact) mass is 391 g/mol.